The van der Waals surface area contributed by atoms with Gasteiger partial charge in [-0.15, -0.1) is 0 Å². The number of amides is 2. The Kier molecular flexibility index (Phi) is 7.77. The number of anilines is 2. The van der Waals surface area contributed by atoms with Gasteiger partial charge in [0.25, 0.3) is 5.91 Å². The van der Waals surface area contributed by atoms with Gasteiger partial charge in [0.1, 0.15) is 17.2 Å². The molecule has 1 aliphatic rings. The Morgan fingerprint density at radius 1 is 1.09 bits per heavy atom. The molecule has 0 fully saturated rings. The second kappa shape index (κ2) is 11.1. The number of hydrogen-bond donors (Lipinski definition) is 1. The predicted molar refractivity (Wildman–Crippen MR) is 136 cm³/mol. The van der Waals surface area contributed by atoms with Gasteiger partial charge in [0.2, 0.25) is 5.91 Å². The first-order valence-corrected chi connectivity index (χ1v) is 11.7. The molecule has 0 aromatic heterocycles. The van der Waals surface area contributed by atoms with Crippen molar-refractivity contribution < 1.29 is 23.8 Å². The summed E-state index contributed by atoms with van der Waals surface area (Å²) in [5.41, 5.74) is 2.00. The molecule has 0 bridgehead atoms. The highest BCUT2D eigenvalue weighted by atomic mass is 35.5. The summed E-state index contributed by atoms with van der Waals surface area (Å²) < 4.78 is 16.6. The van der Waals surface area contributed by atoms with E-state index in [2.05, 4.69) is 5.32 Å². The van der Waals surface area contributed by atoms with E-state index in [4.69, 9.17) is 25.8 Å². The summed E-state index contributed by atoms with van der Waals surface area (Å²) in [4.78, 5) is 27.1. The molecular formula is C27H27ClN2O5. The van der Waals surface area contributed by atoms with Crippen molar-refractivity contribution in [2.24, 2.45) is 0 Å². The Balaban J connectivity index is 1.37. The van der Waals surface area contributed by atoms with E-state index < -0.39 is 6.10 Å². The van der Waals surface area contributed by atoms with Crippen molar-refractivity contribution in [3.8, 4) is 17.2 Å². The normalized spacial score (nSPS) is 14.7. The lowest BCUT2D eigenvalue weighted by Crippen LogP contribution is -2.44. The molecular weight excluding hydrogens is 468 g/mol. The lowest BCUT2D eigenvalue weighted by Gasteiger charge is -2.33. The first-order chi connectivity index (χ1) is 16.9. The maximum atomic E-state index is 12.9. The largest absolute Gasteiger partial charge is 0.497 e. The number of ether oxygens (including phenoxy) is 3. The highest BCUT2D eigenvalue weighted by molar-refractivity contribution is 6.31. The van der Waals surface area contributed by atoms with Crippen molar-refractivity contribution in [3.05, 3.63) is 77.3 Å². The first-order valence-electron chi connectivity index (χ1n) is 11.4. The minimum absolute atomic E-state index is 0.141. The molecule has 1 aliphatic heterocycles. The highest BCUT2D eigenvalue weighted by Crippen LogP contribution is 2.37. The SMILES string of the molecule is COc1ccc(OCCCC(=O)Nc2ccc3c(c2)N(Cc2ccccc2Cl)C(=O)C(C)O3)cc1. The van der Waals surface area contributed by atoms with Gasteiger partial charge in [-0.25, -0.2) is 0 Å². The summed E-state index contributed by atoms with van der Waals surface area (Å²) in [6.07, 6.45) is 0.236. The predicted octanol–water partition coefficient (Wildman–Crippen LogP) is 5.46. The van der Waals surface area contributed by atoms with E-state index in [0.717, 1.165) is 17.1 Å². The third-order valence-electron chi connectivity index (χ3n) is 5.61. The van der Waals surface area contributed by atoms with E-state index in [9.17, 15) is 9.59 Å². The molecule has 1 N–H and O–H groups in total. The van der Waals surface area contributed by atoms with Crippen molar-refractivity contribution in [3.63, 3.8) is 0 Å². The molecule has 7 nitrogen and oxygen atoms in total. The average Bonchev–Trinajstić information content (AvgIpc) is 2.86. The number of carbonyl (C=O) groups excluding carboxylic acids is 2. The molecule has 35 heavy (non-hydrogen) atoms. The zero-order valence-corrected chi connectivity index (χ0v) is 20.4. The molecule has 1 atom stereocenters. The number of rotatable bonds is 9. The van der Waals surface area contributed by atoms with E-state index in [1.165, 1.54) is 0 Å². The van der Waals surface area contributed by atoms with Crippen LogP contribution in [0.15, 0.2) is 66.7 Å². The monoisotopic (exact) mass is 494 g/mol. The Hall–Kier alpha value is -3.71. The van der Waals surface area contributed by atoms with Crippen LogP contribution in [0.3, 0.4) is 0 Å². The molecule has 0 radical (unpaired) electrons. The number of fused-ring (bicyclic) bond motifs is 1. The van der Waals surface area contributed by atoms with E-state index in [1.807, 2.05) is 42.5 Å². The smallest absolute Gasteiger partial charge is 0.268 e. The van der Waals surface area contributed by atoms with Gasteiger partial charge in [-0.2, -0.15) is 0 Å². The van der Waals surface area contributed by atoms with E-state index in [0.29, 0.717) is 48.1 Å². The van der Waals surface area contributed by atoms with E-state index in [1.54, 1.807) is 43.2 Å². The molecule has 3 aromatic rings. The summed E-state index contributed by atoms with van der Waals surface area (Å²) in [5.74, 6) is 1.75. The third kappa shape index (κ3) is 6.05. The van der Waals surface area contributed by atoms with Crippen molar-refractivity contribution in [2.75, 3.05) is 23.9 Å². The van der Waals surface area contributed by atoms with Gasteiger partial charge in [0.15, 0.2) is 6.10 Å². The van der Waals surface area contributed by atoms with Crippen LogP contribution in [0, 0.1) is 0 Å². The van der Waals surface area contributed by atoms with Gasteiger partial charge in [0.05, 0.1) is 25.9 Å². The lowest BCUT2D eigenvalue weighted by atomic mass is 10.1. The standard InChI is InChI=1S/C27H27ClN2O5/c1-18-27(32)30(17-19-6-3-4-7-23(19)28)24-16-20(9-14-25(24)35-18)29-26(31)8-5-15-34-22-12-10-21(33-2)11-13-22/h3-4,6-7,9-14,16,18H,5,8,15,17H2,1-2H3,(H,29,31). The maximum Gasteiger partial charge on any atom is 0.268 e. The Labute approximate surface area is 209 Å². The summed E-state index contributed by atoms with van der Waals surface area (Å²) >= 11 is 6.33. The van der Waals surface area contributed by atoms with Gasteiger partial charge in [-0.05, 0) is 67.4 Å². The third-order valence-corrected chi connectivity index (χ3v) is 5.98. The fourth-order valence-electron chi connectivity index (χ4n) is 3.76. The van der Waals surface area contributed by atoms with Crippen molar-refractivity contribution in [1.29, 1.82) is 0 Å². The Bertz CT molecular complexity index is 1200. The molecule has 0 saturated carbocycles. The first kappa shape index (κ1) is 24.4. The van der Waals surface area contributed by atoms with Crippen LogP contribution in [-0.2, 0) is 16.1 Å². The van der Waals surface area contributed by atoms with Crippen LogP contribution in [0.4, 0.5) is 11.4 Å². The van der Waals surface area contributed by atoms with Gasteiger partial charge in [-0.3, -0.25) is 9.59 Å². The molecule has 1 unspecified atom stereocenters. The van der Waals surface area contributed by atoms with E-state index >= 15 is 0 Å². The molecule has 2 amide bonds. The topological polar surface area (TPSA) is 77.1 Å². The molecule has 182 valence electrons. The summed E-state index contributed by atoms with van der Waals surface area (Å²) in [6, 6.07) is 20.0. The second-order valence-corrected chi connectivity index (χ2v) is 8.54. The van der Waals surface area contributed by atoms with Crippen LogP contribution in [-0.4, -0.2) is 31.6 Å². The van der Waals surface area contributed by atoms with Gasteiger partial charge < -0.3 is 24.4 Å². The number of hydrogen-bond acceptors (Lipinski definition) is 5. The number of halogens is 1. The molecule has 3 aromatic carbocycles. The quantitative estimate of drug-likeness (QED) is 0.400. The number of nitrogens with one attached hydrogen (secondary N) is 1. The van der Waals surface area contributed by atoms with Crippen molar-refractivity contribution in [1.82, 2.24) is 0 Å². The number of benzene rings is 3. The highest BCUT2D eigenvalue weighted by Gasteiger charge is 2.32. The molecule has 1 heterocycles. The van der Waals surface area contributed by atoms with Crippen LogP contribution in [0.25, 0.3) is 0 Å². The zero-order chi connectivity index (χ0) is 24.8. The van der Waals surface area contributed by atoms with Crippen LogP contribution in [0.2, 0.25) is 5.02 Å². The minimum atomic E-state index is -0.615. The summed E-state index contributed by atoms with van der Waals surface area (Å²) in [7, 11) is 1.61. The van der Waals surface area contributed by atoms with Gasteiger partial charge >= 0.3 is 0 Å². The fraction of sp³-hybridized carbons (Fsp3) is 0.259. The maximum absolute atomic E-state index is 12.9. The molecule has 4 rings (SSSR count). The summed E-state index contributed by atoms with van der Waals surface area (Å²) in [5, 5.41) is 3.48. The van der Waals surface area contributed by atoms with Crippen LogP contribution in [0.1, 0.15) is 25.3 Å². The molecule has 8 heteroatoms. The van der Waals surface area contributed by atoms with Crippen LogP contribution >= 0.6 is 11.6 Å². The number of carbonyl (C=O) groups is 2. The molecule has 0 spiro atoms. The van der Waals surface area contributed by atoms with Gasteiger partial charge in [-0.1, -0.05) is 29.8 Å². The summed E-state index contributed by atoms with van der Waals surface area (Å²) in [6.45, 7) is 2.43. The van der Waals surface area contributed by atoms with Crippen molar-refractivity contribution in [2.45, 2.75) is 32.4 Å². The molecule has 0 saturated heterocycles. The number of nitrogens with zero attached hydrogens (tertiary/aromatic N) is 1. The van der Waals surface area contributed by atoms with Crippen molar-refractivity contribution >= 4 is 34.8 Å². The number of methoxy groups -OCH3 is 1. The van der Waals surface area contributed by atoms with E-state index in [-0.39, 0.29) is 11.8 Å². The minimum Gasteiger partial charge on any atom is -0.497 e. The second-order valence-electron chi connectivity index (χ2n) is 8.13. The van der Waals surface area contributed by atoms with Crippen LogP contribution in [0.5, 0.6) is 17.2 Å². The Morgan fingerprint density at radius 3 is 2.57 bits per heavy atom. The van der Waals surface area contributed by atoms with Crippen LogP contribution < -0.4 is 24.4 Å². The Morgan fingerprint density at radius 2 is 1.83 bits per heavy atom. The fourth-order valence-corrected chi connectivity index (χ4v) is 3.96. The lowest BCUT2D eigenvalue weighted by molar-refractivity contribution is -0.125. The van der Waals surface area contributed by atoms with Gasteiger partial charge in [0, 0.05) is 17.1 Å². The zero-order valence-electron chi connectivity index (χ0n) is 19.6. The molecule has 0 aliphatic carbocycles. The average molecular weight is 495 g/mol.